The molecule has 0 radical (unpaired) electrons. The molecule has 0 fully saturated rings. The third-order valence-electron chi connectivity index (χ3n) is 0.704. The highest BCUT2D eigenvalue weighted by molar-refractivity contribution is 7.41. The molecule has 18 heavy (non-hydrogen) atoms. The van der Waals surface area contributed by atoms with Gasteiger partial charge in [-0.15, -0.1) is 0 Å². The lowest BCUT2D eigenvalue weighted by Gasteiger charge is -2.12. The van der Waals surface area contributed by atoms with Crippen molar-refractivity contribution in [3.63, 3.8) is 0 Å². The van der Waals surface area contributed by atoms with Crippen molar-refractivity contribution >= 4 is 25.8 Å². The Labute approximate surface area is 110 Å². The molecule has 0 aromatic rings. The molecule has 0 aromatic heterocycles. The molecule has 0 aliphatic heterocycles. The second kappa shape index (κ2) is 20.3. The van der Waals surface area contributed by atoms with Gasteiger partial charge in [-0.25, -0.2) is 0 Å². The SMILES string of the molecule is CCOP(OCC)OCC.OP(O)O.OP(O)O. The van der Waals surface area contributed by atoms with Crippen molar-refractivity contribution in [2.24, 2.45) is 0 Å². The summed E-state index contributed by atoms with van der Waals surface area (Å²) in [6.07, 6.45) is 0. The van der Waals surface area contributed by atoms with Crippen LogP contribution in [0.15, 0.2) is 0 Å². The lowest BCUT2D eigenvalue weighted by Crippen LogP contribution is -1.94. The molecule has 0 rings (SSSR count). The molecule has 0 unspecified atom stereocenters. The van der Waals surface area contributed by atoms with Crippen LogP contribution in [-0.2, 0) is 13.6 Å². The third kappa shape index (κ3) is 43.6. The van der Waals surface area contributed by atoms with Gasteiger partial charge in [0, 0.05) is 0 Å². The van der Waals surface area contributed by atoms with Gasteiger partial charge in [0.05, 0.1) is 19.8 Å². The van der Waals surface area contributed by atoms with Gasteiger partial charge in [0.1, 0.15) is 0 Å². The molecule has 0 atom stereocenters. The molecule has 0 saturated heterocycles. The quantitative estimate of drug-likeness (QED) is 0.387. The normalized spacial score (nSPS) is 10.0. The van der Waals surface area contributed by atoms with Crippen LogP contribution in [0.1, 0.15) is 20.8 Å². The topological polar surface area (TPSA) is 149 Å². The van der Waals surface area contributed by atoms with E-state index in [4.69, 9.17) is 42.9 Å². The molecular formula is C6H21O9P3. The first-order chi connectivity index (χ1) is 8.31. The molecule has 12 heteroatoms. The molecule has 0 saturated carbocycles. The Morgan fingerprint density at radius 3 is 0.889 bits per heavy atom. The Bertz CT molecular complexity index is 114. The molecule has 9 nitrogen and oxygen atoms in total. The van der Waals surface area contributed by atoms with Crippen LogP contribution in [0.5, 0.6) is 0 Å². The van der Waals surface area contributed by atoms with Gasteiger partial charge in [-0.3, -0.25) is 0 Å². The average Bonchev–Trinajstić information content (AvgIpc) is 2.17. The first kappa shape index (κ1) is 24.0. The van der Waals surface area contributed by atoms with E-state index in [1.54, 1.807) is 0 Å². The first-order valence-corrected chi connectivity index (χ1v) is 8.23. The minimum atomic E-state index is -2.62. The van der Waals surface area contributed by atoms with Gasteiger partial charge < -0.3 is 42.9 Å². The monoisotopic (exact) mass is 330 g/mol. The maximum atomic E-state index is 7.23. The fourth-order valence-corrected chi connectivity index (χ4v) is 1.28. The molecule has 0 aromatic carbocycles. The Balaban J connectivity index is -0.000000233. The largest absolute Gasteiger partial charge is 0.332 e. The van der Waals surface area contributed by atoms with Crippen molar-refractivity contribution in [2.75, 3.05) is 19.8 Å². The molecule has 6 N–H and O–H groups in total. The van der Waals surface area contributed by atoms with Gasteiger partial charge in [0.25, 0.3) is 0 Å². The molecule has 0 spiro atoms. The van der Waals surface area contributed by atoms with Crippen LogP contribution in [-0.4, -0.2) is 49.2 Å². The van der Waals surface area contributed by atoms with Crippen LogP contribution in [0, 0.1) is 0 Å². The van der Waals surface area contributed by atoms with E-state index in [0.717, 1.165) is 0 Å². The summed E-state index contributed by atoms with van der Waals surface area (Å²) in [6.45, 7) is 7.71. The van der Waals surface area contributed by atoms with Gasteiger partial charge in [0.2, 0.25) is 0 Å². The second-order valence-electron chi connectivity index (χ2n) is 2.01. The van der Waals surface area contributed by atoms with Gasteiger partial charge in [-0.2, -0.15) is 0 Å². The summed E-state index contributed by atoms with van der Waals surface area (Å²) in [5, 5.41) is 0. The number of hydrogen-bond donors (Lipinski definition) is 6. The fourth-order valence-electron chi connectivity index (χ4n) is 0.428. The summed E-state index contributed by atoms with van der Waals surface area (Å²) in [5.41, 5.74) is 0. The fraction of sp³-hybridized carbons (Fsp3) is 1.00. The smallest absolute Gasteiger partial charge is 0.328 e. The van der Waals surface area contributed by atoms with Gasteiger partial charge in [0.15, 0.2) is 0 Å². The van der Waals surface area contributed by atoms with E-state index >= 15 is 0 Å². The molecule has 0 aliphatic carbocycles. The predicted molar refractivity (Wildman–Crippen MR) is 69.0 cm³/mol. The van der Waals surface area contributed by atoms with E-state index in [1.165, 1.54) is 0 Å². The van der Waals surface area contributed by atoms with Gasteiger partial charge in [-0.05, 0) is 20.8 Å². The van der Waals surface area contributed by atoms with E-state index in [1.807, 2.05) is 20.8 Å². The van der Waals surface area contributed by atoms with Crippen LogP contribution in [0.4, 0.5) is 0 Å². The van der Waals surface area contributed by atoms with Crippen LogP contribution >= 0.6 is 25.8 Å². The Hall–Kier alpha value is 0.930. The Morgan fingerprint density at radius 2 is 0.778 bits per heavy atom. The van der Waals surface area contributed by atoms with E-state index in [2.05, 4.69) is 0 Å². The zero-order chi connectivity index (χ0) is 15.0. The molecular weight excluding hydrogens is 309 g/mol. The van der Waals surface area contributed by atoms with Crippen molar-refractivity contribution in [3.8, 4) is 0 Å². The van der Waals surface area contributed by atoms with Crippen LogP contribution in [0.25, 0.3) is 0 Å². The van der Waals surface area contributed by atoms with Crippen molar-refractivity contribution < 1.29 is 42.9 Å². The lowest BCUT2D eigenvalue weighted by molar-refractivity contribution is 0.176. The summed E-state index contributed by atoms with van der Waals surface area (Å²) in [6, 6.07) is 0. The zero-order valence-corrected chi connectivity index (χ0v) is 13.1. The minimum Gasteiger partial charge on any atom is -0.328 e. The Morgan fingerprint density at radius 1 is 0.611 bits per heavy atom. The zero-order valence-electron chi connectivity index (χ0n) is 10.4. The minimum absolute atomic E-state index is 0.645. The predicted octanol–water partition coefficient (Wildman–Crippen LogP) is 0.703. The summed E-state index contributed by atoms with van der Waals surface area (Å²) < 4.78 is 15.4. The van der Waals surface area contributed by atoms with Crippen LogP contribution in [0.2, 0.25) is 0 Å². The van der Waals surface area contributed by atoms with Crippen molar-refractivity contribution in [3.05, 3.63) is 0 Å². The summed E-state index contributed by atoms with van der Waals surface area (Å²) in [5.74, 6) is 0. The van der Waals surface area contributed by atoms with Crippen molar-refractivity contribution in [1.29, 1.82) is 0 Å². The van der Waals surface area contributed by atoms with E-state index in [9.17, 15) is 0 Å². The number of rotatable bonds is 6. The highest BCUT2D eigenvalue weighted by Gasteiger charge is 2.07. The van der Waals surface area contributed by atoms with Crippen molar-refractivity contribution in [1.82, 2.24) is 0 Å². The first-order valence-electron chi connectivity index (χ1n) is 4.74. The van der Waals surface area contributed by atoms with E-state index in [-0.39, 0.29) is 0 Å². The van der Waals surface area contributed by atoms with Gasteiger partial charge >= 0.3 is 25.8 Å². The molecule has 0 aliphatic rings. The van der Waals surface area contributed by atoms with Crippen LogP contribution < -0.4 is 0 Å². The molecule has 0 heterocycles. The van der Waals surface area contributed by atoms with Gasteiger partial charge in [-0.1, -0.05) is 0 Å². The molecule has 0 amide bonds. The van der Waals surface area contributed by atoms with E-state index in [0.29, 0.717) is 19.8 Å². The highest BCUT2D eigenvalue weighted by atomic mass is 31.2. The van der Waals surface area contributed by atoms with Crippen molar-refractivity contribution in [2.45, 2.75) is 20.8 Å². The summed E-state index contributed by atoms with van der Waals surface area (Å²) >= 11 is 0. The van der Waals surface area contributed by atoms with Crippen LogP contribution in [0.3, 0.4) is 0 Å². The third-order valence-corrected chi connectivity index (χ3v) is 2.11. The average molecular weight is 330 g/mol. The summed E-state index contributed by atoms with van der Waals surface area (Å²) in [4.78, 5) is 43.4. The number of hydrogen-bond acceptors (Lipinski definition) is 9. The lowest BCUT2D eigenvalue weighted by atomic mass is 10.9. The highest BCUT2D eigenvalue weighted by Crippen LogP contribution is 2.38. The molecule has 0 bridgehead atoms. The standard InChI is InChI=1S/C6H15O3P.2H3O3P/c1-4-7-10(8-5-2)9-6-3;2*1-4(2)3/h4-6H2,1-3H3;2*1-3H. The Kier molecular flexibility index (Phi) is 27.0. The maximum Gasteiger partial charge on any atom is 0.332 e. The summed E-state index contributed by atoms with van der Waals surface area (Å²) in [7, 11) is -6.30. The molecule has 114 valence electrons. The van der Waals surface area contributed by atoms with E-state index < -0.39 is 25.8 Å². The second-order valence-corrected chi connectivity index (χ2v) is 4.31. The maximum absolute atomic E-state index is 7.23.